The van der Waals surface area contributed by atoms with E-state index in [0.717, 1.165) is 11.1 Å². The van der Waals surface area contributed by atoms with Crippen LogP contribution in [0.25, 0.3) is 0 Å². The Morgan fingerprint density at radius 2 is 1.80 bits per heavy atom. The zero-order valence-electron chi connectivity index (χ0n) is 17.4. The van der Waals surface area contributed by atoms with Crippen LogP contribution in [0.3, 0.4) is 0 Å². The maximum Gasteiger partial charge on any atom is 0.251 e. The first kappa shape index (κ1) is 21.2. The van der Waals surface area contributed by atoms with Gasteiger partial charge < -0.3 is 19.5 Å². The molecular formula is C24H26N2O4. The summed E-state index contributed by atoms with van der Waals surface area (Å²) in [5.41, 5.74) is 2.43. The number of carbonyl (C=O) groups excluding carboxylic acids is 1. The largest absolute Gasteiger partial charge is 0.493 e. The number of pyridine rings is 1. The highest BCUT2D eigenvalue weighted by atomic mass is 16.5. The van der Waals surface area contributed by atoms with Crippen LogP contribution < -0.4 is 19.5 Å². The number of ether oxygens (including phenoxy) is 3. The number of hydrogen-bond donors (Lipinski definition) is 1. The van der Waals surface area contributed by atoms with Crippen molar-refractivity contribution in [1.29, 1.82) is 0 Å². The molecule has 0 fully saturated rings. The molecule has 0 saturated carbocycles. The van der Waals surface area contributed by atoms with Crippen LogP contribution in [0.15, 0.2) is 66.9 Å². The van der Waals surface area contributed by atoms with Gasteiger partial charge in [0.1, 0.15) is 6.61 Å². The topological polar surface area (TPSA) is 69.7 Å². The molecule has 0 unspecified atom stereocenters. The summed E-state index contributed by atoms with van der Waals surface area (Å²) in [6, 6.07) is 18.7. The van der Waals surface area contributed by atoms with Crippen molar-refractivity contribution in [1.82, 2.24) is 10.3 Å². The molecule has 1 aromatic heterocycles. The van der Waals surface area contributed by atoms with E-state index < -0.39 is 0 Å². The number of hydrogen-bond acceptors (Lipinski definition) is 5. The van der Waals surface area contributed by atoms with Crippen LogP contribution in [0, 0.1) is 0 Å². The van der Waals surface area contributed by atoms with Gasteiger partial charge in [-0.1, -0.05) is 36.4 Å². The van der Waals surface area contributed by atoms with Crippen molar-refractivity contribution < 1.29 is 19.0 Å². The second-order valence-corrected chi connectivity index (χ2v) is 6.99. The molecule has 0 bridgehead atoms. The Hall–Kier alpha value is -3.54. The molecule has 0 spiro atoms. The molecule has 3 rings (SSSR count). The Balaban J connectivity index is 1.59. The van der Waals surface area contributed by atoms with E-state index in [2.05, 4.69) is 10.3 Å². The number of methoxy groups -OCH3 is 1. The highest BCUT2D eigenvalue weighted by molar-refractivity contribution is 5.94. The zero-order valence-corrected chi connectivity index (χ0v) is 17.4. The summed E-state index contributed by atoms with van der Waals surface area (Å²) >= 11 is 0. The third kappa shape index (κ3) is 5.98. The SMILES string of the molecule is COc1cc(C(=O)NCc2ccc(OC(C)C)nc2)ccc1OCc1ccccc1. The molecule has 0 aliphatic heterocycles. The molecule has 6 heteroatoms. The van der Waals surface area contributed by atoms with Gasteiger partial charge in [-0.2, -0.15) is 0 Å². The van der Waals surface area contributed by atoms with Gasteiger partial charge in [0.15, 0.2) is 11.5 Å². The Labute approximate surface area is 176 Å². The van der Waals surface area contributed by atoms with E-state index in [9.17, 15) is 4.79 Å². The van der Waals surface area contributed by atoms with Crippen molar-refractivity contribution in [3.63, 3.8) is 0 Å². The Morgan fingerprint density at radius 3 is 2.47 bits per heavy atom. The van der Waals surface area contributed by atoms with Crippen LogP contribution in [0.1, 0.15) is 35.3 Å². The van der Waals surface area contributed by atoms with Gasteiger partial charge in [-0.3, -0.25) is 4.79 Å². The van der Waals surface area contributed by atoms with Crippen LogP contribution in [-0.2, 0) is 13.2 Å². The van der Waals surface area contributed by atoms with Crippen molar-refractivity contribution in [2.75, 3.05) is 7.11 Å². The number of nitrogens with one attached hydrogen (secondary N) is 1. The van der Waals surface area contributed by atoms with Gasteiger partial charge in [-0.05, 0) is 43.2 Å². The molecule has 156 valence electrons. The lowest BCUT2D eigenvalue weighted by molar-refractivity contribution is 0.0950. The quantitative estimate of drug-likeness (QED) is 0.571. The number of nitrogens with zero attached hydrogens (tertiary/aromatic N) is 1. The third-order valence-corrected chi connectivity index (χ3v) is 4.27. The second-order valence-electron chi connectivity index (χ2n) is 6.99. The number of carbonyl (C=O) groups is 1. The van der Waals surface area contributed by atoms with E-state index in [-0.39, 0.29) is 12.0 Å². The summed E-state index contributed by atoms with van der Waals surface area (Å²) in [6.45, 7) is 4.68. The molecule has 6 nitrogen and oxygen atoms in total. The summed E-state index contributed by atoms with van der Waals surface area (Å²) in [4.78, 5) is 16.8. The van der Waals surface area contributed by atoms with Crippen LogP contribution in [0.5, 0.6) is 17.4 Å². The summed E-state index contributed by atoms with van der Waals surface area (Å²) in [7, 11) is 1.55. The molecule has 30 heavy (non-hydrogen) atoms. The maximum absolute atomic E-state index is 12.5. The predicted molar refractivity (Wildman–Crippen MR) is 115 cm³/mol. The molecule has 0 radical (unpaired) electrons. The van der Waals surface area contributed by atoms with Crippen LogP contribution in [0.2, 0.25) is 0 Å². The van der Waals surface area contributed by atoms with Crippen molar-refractivity contribution in [2.45, 2.75) is 33.1 Å². The van der Waals surface area contributed by atoms with Gasteiger partial charge in [0, 0.05) is 24.4 Å². The molecular weight excluding hydrogens is 380 g/mol. The number of amides is 1. The normalized spacial score (nSPS) is 10.5. The lowest BCUT2D eigenvalue weighted by Gasteiger charge is -2.13. The van der Waals surface area contributed by atoms with Gasteiger partial charge in [0.25, 0.3) is 5.91 Å². The highest BCUT2D eigenvalue weighted by Crippen LogP contribution is 2.29. The smallest absolute Gasteiger partial charge is 0.251 e. The Kier molecular flexibility index (Phi) is 7.27. The van der Waals surface area contributed by atoms with Gasteiger partial charge in [-0.15, -0.1) is 0 Å². The summed E-state index contributed by atoms with van der Waals surface area (Å²) in [5, 5.41) is 2.89. The fraction of sp³-hybridized carbons (Fsp3) is 0.250. The number of benzene rings is 2. The van der Waals surface area contributed by atoms with Crippen LogP contribution in [-0.4, -0.2) is 24.1 Å². The van der Waals surface area contributed by atoms with Crippen LogP contribution >= 0.6 is 0 Å². The van der Waals surface area contributed by atoms with Crippen molar-refractivity contribution in [3.05, 3.63) is 83.6 Å². The molecule has 1 heterocycles. The molecule has 0 aliphatic carbocycles. The Bertz CT molecular complexity index is 957. The van der Waals surface area contributed by atoms with E-state index in [1.54, 1.807) is 37.6 Å². The molecule has 2 aromatic carbocycles. The van der Waals surface area contributed by atoms with Crippen molar-refractivity contribution in [3.8, 4) is 17.4 Å². The maximum atomic E-state index is 12.5. The monoisotopic (exact) mass is 406 g/mol. The minimum atomic E-state index is -0.203. The minimum absolute atomic E-state index is 0.0673. The van der Waals surface area contributed by atoms with Crippen molar-refractivity contribution in [2.24, 2.45) is 0 Å². The van der Waals surface area contributed by atoms with Gasteiger partial charge >= 0.3 is 0 Å². The van der Waals surface area contributed by atoms with Crippen molar-refractivity contribution >= 4 is 5.91 Å². The lowest BCUT2D eigenvalue weighted by atomic mass is 10.1. The molecule has 1 amide bonds. The summed E-state index contributed by atoms with van der Waals surface area (Å²) in [5.74, 6) is 1.46. The Morgan fingerprint density at radius 1 is 1.00 bits per heavy atom. The zero-order chi connectivity index (χ0) is 21.3. The van der Waals surface area contributed by atoms with E-state index in [0.29, 0.717) is 36.1 Å². The highest BCUT2D eigenvalue weighted by Gasteiger charge is 2.12. The second kappa shape index (κ2) is 10.3. The third-order valence-electron chi connectivity index (χ3n) is 4.27. The molecule has 3 aromatic rings. The minimum Gasteiger partial charge on any atom is -0.493 e. The standard InChI is InChI=1S/C24H26N2O4/c1-17(2)30-23-12-9-19(14-25-23)15-26-24(27)20-10-11-21(22(13-20)28-3)29-16-18-7-5-4-6-8-18/h4-14,17H,15-16H2,1-3H3,(H,26,27). The number of aromatic nitrogens is 1. The summed E-state index contributed by atoms with van der Waals surface area (Å²) < 4.78 is 16.8. The van der Waals surface area contributed by atoms with Gasteiger partial charge in [0.05, 0.1) is 13.2 Å². The molecule has 0 saturated heterocycles. The van der Waals surface area contributed by atoms with E-state index >= 15 is 0 Å². The molecule has 1 N–H and O–H groups in total. The molecule has 0 aliphatic rings. The van der Waals surface area contributed by atoms with Gasteiger partial charge in [0.2, 0.25) is 5.88 Å². The first-order valence-electron chi connectivity index (χ1n) is 9.79. The number of rotatable bonds is 9. The molecule has 0 atom stereocenters. The average Bonchev–Trinajstić information content (AvgIpc) is 2.77. The van der Waals surface area contributed by atoms with Gasteiger partial charge in [-0.25, -0.2) is 4.98 Å². The first-order valence-corrected chi connectivity index (χ1v) is 9.79. The van der Waals surface area contributed by atoms with Crippen LogP contribution in [0.4, 0.5) is 0 Å². The van der Waals surface area contributed by atoms with E-state index in [1.165, 1.54) is 0 Å². The van der Waals surface area contributed by atoms with E-state index in [4.69, 9.17) is 14.2 Å². The van der Waals surface area contributed by atoms with E-state index in [1.807, 2.05) is 50.2 Å². The summed E-state index contributed by atoms with van der Waals surface area (Å²) in [6.07, 6.45) is 1.76. The fourth-order valence-electron chi connectivity index (χ4n) is 2.77. The average molecular weight is 406 g/mol. The lowest BCUT2D eigenvalue weighted by Crippen LogP contribution is -2.23. The fourth-order valence-corrected chi connectivity index (χ4v) is 2.77. The first-order chi connectivity index (χ1) is 14.5. The predicted octanol–water partition coefficient (Wildman–Crippen LogP) is 4.39.